The lowest BCUT2D eigenvalue weighted by Crippen LogP contribution is -1.98. The zero-order valence-corrected chi connectivity index (χ0v) is 9.34. The van der Waals surface area contributed by atoms with Gasteiger partial charge in [0.05, 0.1) is 13.2 Å². The van der Waals surface area contributed by atoms with Crippen molar-refractivity contribution in [1.82, 2.24) is 0 Å². The van der Waals surface area contributed by atoms with E-state index in [2.05, 4.69) is 15.9 Å². The Morgan fingerprint density at radius 2 is 2.23 bits per heavy atom. The summed E-state index contributed by atoms with van der Waals surface area (Å²) in [5.41, 5.74) is 0.841. The lowest BCUT2D eigenvalue weighted by atomic mass is 10.1. The summed E-state index contributed by atoms with van der Waals surface area (Å²) in [5, 5.41) is 9.64. The number of benzene rings is 1. The quantitative estimate of drug-likeness (QED) is 0.887. The second-order valence-electron chi connectivity index (χ2n) is 2.81. The van der Waals surface area contributed by atoms with Crippen LogP contribution in [0.3, 0.4) is 0 Å². The second kappa shape index (κ2) is 4.63. The van der Waals surface area contributed by atoms with Crippen LogP contribution in [0.2, 0.25) is 0 Å². The Morgan fingerprint density at radius 1 is 1.54 bits per heavy atom. The molecule has 0 aliphatic heterocycles. The molecule has 72 valence electrons. The maximum Gasteiger partial charge on any atom is 0.125 e. The summed E-state index contributed by atoms with van der Waals surface area (Å²) >= 11 is 3.35. The molecule has 1 atom stereocenters. The van der Waals surface area contributed by atoms with Crippen molar-refractivity contribution in [3.63, 3.8) is 0 Å². The van der Waals surface area contributed by atoms with Crippen LogP contribution in [0.1, 0.15) is 25.0 Å². The standard InChI is InChI=1S/C10H13BrO2/c1-3-9(12)8-5-4-7(11)6-10(8)13-2/h4-6,9,12H,3H2,1-2H3. The number of hydrogen-bond acceptors (Lipinski definition) is 2. The number of methoxy groups -OCH3 is 1. The van der Waals surface area contributed by atoms with E-state index in [4.69, 9.17) is 4.74 Å². The minimum atomic E-state index is -0.442. The summed E-state index contributed by atoms with van der Waals surface area (Å²) in [4.78, 5) is 0. The van der Waals surface area contributed by atoms with Crippen molar-refractivity contribution in [2.45, 2.75) is 19.4 Å². The molecule has 0 saturated carbocycles. The highest BCUT2D eigenvalue weighted by atomic mass is 79.9. The van der Waals surface area contributed by atoms with Gasteiger partial charge < -0.3 is 9.84 Å². The predicted octanol–water partition coefficient (Wildman–Crippen LogP) is 2.90. The number of hydrogen-bond donors (Lipinski definition) is 1. The van der Waals surface area contributed by atoms with Crippen LogP contribution in [0.25, 0.3) is 0 Å². The van der Waals surface area contributed by atoms with Crippen molar-refractivity contribution < 1.29 is 9.84 Å². The molecule has 0 fully saturated rings. The number of aliphatic hydroxyl groups is 1. The molecule has 0 aliphatic carbocycles. The third kappa shape index (κ3) is 2.45. The van der Waals surface area contributed by atoms with Gasteiger partial charge in [-0.2, -0.15) is 0 Å². The Hall–Kier alpha value is -0.540. The van der Waals surface area contributed by atoms with Crippen LogP contribution in [0, 0.1) is 0 Å². The molecule has 0 saturated heterocycles. The average molecular weight is 245 g/mol. The van der Waals surface area contributed by atoms with Crippen LogP contribution in [0.4, 0.5) is 0 Å². The Bertz CT molecular complexity index is 286. The fraction of sp³-hybridized carbons (Fsp3) is 0.400. The molecule has 0 amide bonds. The number of halogens is 1. The maximum atomic E-state index is 9.64. The van der Waals surface area contributed by atoms with Gasteiger partial charge in [-0.1, -0.05) is 28.9 Å². The molecule has 2 nitrogen and oxygen atoms in total. The van der Waals surface area contributed by atoms with Gasteiger partial charge in [0.2, 0.25) is 0 Å². The van der Waals surface area contributed by atoms with Crippen LogP contribution in [0.5, 0.6) is 5.75 Å². The highest BCUT2D eigenvalue weighted by Crippen LogP contribution is 2.29. The molecule has 1 N–H and O–H groups in total. The van der Waals surface area contributed by atoms with Crippen molar-refractivity contribution in [1.29, 1.82) is 0 Å². The van der Waals surface area contributed by atoms with E-state index < -0.39 is 6.10 Å². The summed E-state index contributed by atoms with van der Waals surface area (Å²) in [6.07, 6.45) is 0.251. The zero-order chi connectivity index (χ0) is 9.84. The Labute approximate surface area is 86.7 Å². The molecule has 1 unspecified atom stereocenters. The van der Waals surface area contributed by atoms with Gasteiger partial charge in [-0.05, 0) is 18.6 Å². The summed E-state index contributed by atoms with van der Waals surface area (Å²) in [6, 6.07) is 5.63. The molecule has 0 spiro atoms. The average Bonchev–Trinajstić information content (AvgIpc) is 2.16. The molecule has 1 aromatic rings. The molecule has 13 heavy (non-hydrogen) atoms. The van der Waals surface area contributed by atoms with E-state index in [-0.39, 0.29) is 0 Å². The maximum absolute atomic E-state index is 9.64. The number of ether oxygens (including phenoxy) is 1. The summed E-state index contributed by atoms with van der Waals surface area (Å²) in [6.45, 7) is 1.94. The van der Waals surface area contributed by atoms with Crippen molar-refractivity contribution in [2.75, 3.05) is 7.11 Å². The normalized spacial score (nSPS) is 12.6. The first-order chi connectivity index (χ1) is 6.19. The van der Waals surface area contributed by atoms with E-state index in [9.17, 15) is 5.11 Å². The Morgan fingerprint density at radius 3 is 2.77 bits per heavy atom. The van der Waals surface area contributed by atoms with Gasteiger partial charge in [0.25, 0.3) is 0 Å². The predicted molar refractivity (Wildman–Crippen MR) is 55.9 cm³/mol. The highest BCUT2D eigenvalue weighted by Gasteiger charge is 2.10. The monoisotopic (exact) mass is 244 g/mol. The number of rotatable bonds is 3. The third-order valence-corrected chi connectivity index (χ3v) is 2.43. The van der Waals surface area contributed by atoms with E-state index in [0.29, 0.717) is 6.42 Å². The fourth-order valence-corrected chi connectivity index (χ4v) is 1.52. The van der Waals surface area contributed by atoms with Crippen molar-refractivity contribution in [3.8, 4) is 5.75 Å². The van der Waals surface area contributed by atoms with Gasteiger partial charge in [0.1, 0.15) is 5.75 Å². The minimum Gasteiger partial charge on any atom is -0.496 e. The van der Waals surface area contributed by atoms with Crippen LogP contribution >= 0.6 is 15.9 Å². The summed E-state index contributed by atoms with van der Waals surface area (Å²) in [5.74, 6) is 0.726. The number of aliphatic hydroxyl groups excluding tert-OH is 1. The van der Waals surface area contributed by atoms with Crippen molar-refractivity contribution in [3.05, 3.63) is 28.2 Å². The van der Waals surface area contributed by atoms with Crippen LogP contribution < -0.4 is 4.74 Å². The molecular formula is C10H13BrO2. The molecule has 0 aromatic heterocycles. The lowest BCUT2D eigenvalue weighted by Gasteiger charge is -2.12. The molecule has 1 aromatic carbocycles. The highest BCUT2D eigenvalue weighted by molar-refractivity contribution is 9.10. The molecule has 0 radical (unpaired) electrons. The third-order valence-electron chi connectivity index (χ3n) is 1.94. The minimum absolute atomic E-state index is 0.442. The first kappa shape index (κ1) is 10.5. The molecule has 0 aliphatic rings. The van der Waals surface area contributed by atoms with Gasteiger partial charge in [0, 0.05) is 10.0 Å². The fourth-order valence-electron chi connectivity index (χ4n) is 1.18. The molecular weight excluding hydrogens is 232 g/mol. The summed E-state index contributed by atoms with van der Waals surface area (Å²) < 4.78 is 6.11. The molecule has 0 heterocycles. The van der Waals surface area contributed by atoms with Gasteiger partial charge in [-0.25, -0.2) is 0 Å². The topological polar surface area (TPSA) is 29.5 Å². The molecule has 0 bridgehead atoms. The summed E-state index contributed by atoms with van der Waals surface area (Å²) in [7, 11) is 1.60. The van der Waals surface area contributed by atoms with E-state index in [0.717, 1.165) is 15.8 Å². The van der Waals surface area contributed by atoms with Crippen LogP contribution in [0.15, 0.2) is 22.7 Å². The van der Waals surface area contributed by atoms with E-state index in [1.165, 1.54) is 0 Å². The van der Waals surface area contributed by atoms with Gasteiger partial charge in [-0.3, -0.25) is 0 Å². The van der Waals surface area contributed by atoms with Crippen molar-refractivity contribution in [2.24, 2.45) is 0 Å². The van der Waals surface area contributed by atoms with E-state index in [1.54, 1.807) is 7.11 Å². The van der Waals surface area contributed by atoms with Crippen LogP contribution in [-0.2, 0) is 0 Å². The smallest absolute Gasteiger partial charge is 0.125 e. The lowest BCUT2D eigenvalue weighted by molar-refractivity contribution is 0.169. The van der Waals surface area contributed by atoms with Gasteiger partial charge in [0.15, 0.2) is 0 Å². The first-order valence-corrected chi connectivity index (χ1v) is 4.99. The van der Waals surface area contributed by atoms with Gasteiger partial charge >= 0.3 is 0 Å². The van der Waals surface area contributed by atoms with Crippen molar-refractivity contribution >= 4 is 15.9 Å². The second-order valence-corrected chi connectivity index (χ2v) is 3.73. The zero-order valence-electron chi connectivity index (χ0n) is 7.75. The first-order valence-electron chi connectivity index (χ1n) is 4.20. The molecule has 3 heteroatoms. The SMILES string of the molecule is CCC(O)c1ccc(Br)cc1OC. The van der Waals surface area contributed by atoms with E-state index >= 15 is 0 Å². The largest absolute Gasteiger partial charge is 0.496 e. The van der Waals surface area contributed by atoms with E-state index in [1.807, 2.05) is 25.1 Å². The molecule has 1 rings (SSSR count). The van der Waals surface area contributed by atoms with Gasteiger partial charge in [-0.15, -0.1) is 0 Å². The Kier molecular flexibility index (Phi) is 3.75. The van der Waals surface area contributed by atoms with Crippen LogP contribution in [-0.4, -0.2) is 12.2 Å². The Balaban J connectivity index is 3.05.